The van der Waals surface area contributed by atoms with Crippen LogP contribution in [0, 0.1) is 0 Å². The molecule has 2 aromatic rings. The number of hydrogen-bond acceptors (Lipinski definition) is 5. The molecule has 5 nitrogen and oxygen atoms in total. The lowest BCUT2D eigenvalue weighted by Crippen LogP contribution is -2.10. The van der Waals surface area contributed by atoms with Crippen LogP contribution in [0.5, 0.6) is 0 Å². The first-order valence-corrected chi connectivity index (χ1v) is 7.16. The Morgan fingerprint density at radius 1 is 1.42 bits per heavy atom. The molecule has 3 N–H and O–H groups in total. The van der Waals surface area contributed by atoms with E-state index >= 15 is 0 Å². The molecule has 0 atom stereocenters. The van der Waals surface area contributed by atoms with Gasteiger partial charge in [0.1, 0.15) is 5.76 Å². The fraction of sp³-hybridized carbons (Fsp3) is 0.385. The number of carbonyl (C=O) groups is 1. The van der Waals surface area contributed by atoms with Crippen LogP contribution in [0.4, 0.5) is 5.13 Å². The maximum absolute atomic E-state index is 12.0. The Kier molecular flexibility index (Phi) is 3.35. The molecule has 6 heteroatoms. The molecule has 0 aromatic carbocycles. The largest absolute Gasteiger partial charge is 0.455 e. The van der Waals surface area contributed by atoms with Crippen molar-refractivity contribution in [1.82, 2.24) is 4.98 Å². The number of hydrogen-bond donors (Lipinski definition) is 2. The van der Waals surface area contributed by atoms with Gasteiger partial charge in [0, 0.05) is 4.88 Å². The average molecular weight is 277 g/mol. The Balaban J connectivity index is 1.73. The van der Waals surface area contributed by atoms with Crippen molar-refractivity contribution in [2.45, 2.75) is 32.2 Å². The molecule has 0 aliphatic heterocycles. The quantitative estimate of drug-likeness (QED) is 0.902. The van der Waals surface area contributed by atoms with Crippen LogP contribution >= 0.6 is 11.3 Å². The lowest BCUT2D eigenvalue weighted by atomic mass is 10.0. The van der Waals surface area contributed by atoms with E-state index in [4.69, 9.17) is 10.2 Å². The maximum Gasteiger partial charge on any atom is 0.293 e. The summed E-state index contributed by atoms with van der Waals surface area (Å²) in [7, 11) is 0. The van der Waals surface area contributed by atoms with E-state index in [-0.39, 0.29) is 11.7 Å². The van der Waals surface area contributed by atoms with Crippen molar-refractivity contribution in [3.8, 4) is 0 Å². The highest BCUT2D eigenvalue weighted by Gasteiger charge is 2.18. The van der Waals surface area contributed by atoms with Gasteiger partial charge in [0.05, 0.1) is 12.2 Å². The second-order valence-electron chi connectivity index (χ2n) is 4.52. The van der Waals surface area contributed by atoms with Crippen molar-refractivity contribution in [3.05, 3.63) is 34.2 Å². The second-order valence-corrected chi connectivity index (χ2v) is 5.60. The monoisotopic (exact) mass is 277 g/mol. The number of aromatic nitrogens is 1. The number of aryl methyl sites for hydroxylation is 2. The fourth-order valence-corrected chi connectivity index (χ4v) is 3.22. The molecule has 2 heterocycles. The molecule has 100 valence electrons. The standard InChI is InChI=1S/C13H15N3O2S/c14-7-8-5-6-10(18-8)12(17)16-13-15-9-3-1-2-4-11(9)19-13/h5-6H,1-4,7,14H2,(H,15,16,17). The molecule has 1 aliphatic carbocycles. The molecule has 0 radical (unpaired) electrons. The lowest BCUT2D eigenvalue weighted by molar-refractivity contribution is 0.0995. The van der Waals surface area contributed by atoms with Crippen LogP contribution in [0.2, 0.25) is 0 Å². The zero-order valence-corrected chi connectivity index (χ0v) is 11.3. The minimum absolute atomic E-state index is 0.272. The van der Waals surface area contributed by atoms with Crippen LogP contribution in [0.3, 0.4) is 0 Å². The van der Waals surface area contributed by atoms with E-state index < -0.39 is 0 Å². The molecule has 1 aliphatic rings. The number of amides is 1. The number of nitrogens with one attached hydrogen (secondary N) is 1. The Morgan fingerprint density at radius 2 is 2.26 bits per heavy atom. The summed E-state index contributed by atoms with van der Waals surface area (Å²) < 4.78 is 5.31. The third-order valence-corrected chi connectivity index (χ3v) is 4.23. The van der Waals surface area contributed by atoms with Gasteiger partial charge in [-0.2, -0.15) is 0 Å². The second kappa shape index (κ2) is 5.14. The van der Waals surface area contributed by atoms with Gasteiger partial charge in [-0.15, -0.1) is 11.3 Å². The molecule has 0 saturated carbocycles. The van der Waals surface area contributed by atoms with Gasteiger partial charge in [-0.25, -0.2) is 4.98 Å². The van der Waals surface area contributed by atoms with E-state index in [0.717, 1.165) is 18.5 Å². The maximum atomic E-state index is 12.0. The zero-order valence-electron chi connectivity index (χ0n) is 10.4. The number of thiazole rings is 1. The number of nitrogens with zero attached hydrogens (tertiary/aromatic N) is 1. The van der Waals surface area contributed by atoms with E-state index in [2.05, 4.69) is 10.3 Å². The molecule has 0 spiro atoms. The molecule has 1 amide bonds. The highest BCUT2D eigenvalue weighted by molar-refractivity contribution is 7.15. The van der Waals surface area contributed by atoms with E-state index in [1.807, 2.05) is 0 Å². The first-order chi connectivity index (χ1) is 9.26. The number of rotatable bonds is 3. The first-order valence-electron chi connectivity index (χ1n) is 6.35. The van der Waals surface area contributed by atoms with E-state index in [0.29, 0.717) is 17.4 Å². The molecular weight excluding hydrogens is 262 g/mol. The number of fused-ring (bicyclic) bond motifs is 1. The van der Waals surface area contributed by atoms with Gasteiger partial charge in [0.2, 0.25) is 0 Å². The number of furan rings is 1. The van der Waals surface area contributed by atoms with E-state index in [9.17, 15) is 4.79 Å². The Hall–Kier alpha value is -1.66. The van der Waals surface area contributed by atoms with Gasteiger partial charge in [-0.3, -0.25) is 10.1 Å². The molecular formula is C13H15N3O2S. The molecule has 0 fully saturated rings. The molecule has 0 bridgehead atoms. The van der Waals surface area contributed by atoms with Crippen LogP contribution in [0.1, 0.15) is 39.7 Å². The molecule has 2 aromatic heterocycles. The number of anilines is 1. The van der Waals surface area contributed by atoms with Gasteiger partial charge < -0.3 is 10.2 Å². The Labute approximate surface area is 114 Å². The van der Waals surface area contributed by atoms with Crippen molar-refractivity contribution in [3.63, 3.8) is 0 Å². The van der Waals surface area contributed by atoms with Crippen LogP contribution < -0.4 is 11.1 Å². The molecule has 3 rings (SSSR count). The van der Waals surface area contributed by atoms with Crippen LogP contribution in [0.25, 0.3) is 0 Å². The lowest BCUT2D eigenvalue weighted by Gasteiger charge is -2.06. The van der Waals surface area contributed by atoms with Gasteiger partial charge in [-0.05, 0) is 37.8 Å². The van der Waals surface area contributed by atoms with Crippen molar-refractivity contribution in [2.75, 3.05) is 5.32 Å². The minimum Gasteiger partial charge on any atom is -0.455 e. The van der Waals surface area contributed by atoms with E-state index in [1.165, 1.54) is 17.7 Å². The van der Waals surface area contributed by atoms with Crippen LogP contribution in [0.15, 0.2) is 16.5 Å². The van der Waals surface area contributed by atoms with Gasteiger partial charge >= 0.3 is 0 Å². The summed E-state index contributed by atoms with van der Waals surface area (Å²) >= 11 is 1.56. The van der Waals surface area contributed by atoms with Crippen molar-refractivity contribution in [1.29, 1.82) is 0 Å². The molecule has 19 heavy (non-hydrogen) atoms. The molecule has 0 unspecified atom stereocenters. The van der Waals surface area contributed by atoms with Crippen LogP contribution in [-0.2, 0) is 19.4 Å². The summed E-state index contributed by atoms with van der Waals surface area (Å²) in [6.45, 7) is 0.291. The smallest absolute Gasteiger partial charge is 0.293 e. The SMILES string of the molecule is NCc1ccc(C(=O)Nc2nc3c(s2)CCCC3)o1. The van der Waals surface area contributed by atoms with Crippen molar-refractivity contribution in [2.24, 2.45) is 5.73 Å². The highest BCUT2D eigenvalue weighted by atomic mass is 32.1. The number of carbonyl (C=O) groups excluding carboxylic acids is 1. The Bertz CT molecular complexity index is 579. The molecule has 0 saturated heterocycles. The first kappa shape index (κ1) is 12.4. The van der Waals surface area contributed by atoms with Gasteiger partial charge in [0.15, 0.2) is 10.9 Å². The summed E-state index contributed by atoms with van der Waals surface area (Å²) in [5.74, 6) is 0.600. The third-order valence-electron chi connectivity index (χ3n) is 3.15. The van der Waals surface area contributed by atoms with Gasteiger partial charge in [-0.1, -0.05) is 0 Å². The summed E-state index contributed by atoms with van der Waals surface area (Å²) in [6, 6.07) is 3.34. The number of nitrogens with two attached hydrogens (primary N) is 1. The van der Waals surface area contributed by atoms with Crippen molar-refractivity contribution >= 4 is 22.4 Å². The Morgan fingerprint density at radius 3 is 3.00 bits per heavy atom. The van der Waals surface area contributed by atoms with E-state index in [1.54, 1.807) is 23.5 Å². The predicted molar refractivity (Wildman–Crippen MR) is 73.3 cm³/mol. The summed E-state index contributed by atoms with van der Waals surface area (Å²) in [6.07, 6.45) is 4.48. The third kappa shape index (κ3) is 2.54. The zero-order chi connectivity index (χ0) is 13.2. The average Bonchev–Trinajstić information content (AvgIpc) is 3.04. The normalized spacial score (nSPS) is 14.2. The highest BCUT2D eigenvalue weighted by Crippen LogP contribution is 2.29. The summed E-state index contributed by atoms with van der Waals surface area (Å²) in [5, 5.41) is 3.44. The minimum atomic E-state index is -0.272. The van der Waals surface area contributed by atoms with Crippen molar-refractivity contribution < 1.29 is 9.21 Å². The van der Waals surface area contributed by atoms with Gasteiger partial charge in [0.25, 0.3) is 5.91 Å². The summed E-state index contributed by atoms with van der Waals surface area (Å²) in [4.78, 5) is 17.7. The topological polar surface area (TPSA) is 81.2 Å². The summed E-state index contributed by atoms with van der Waals surface area (Å²) in [5.41, 5.74) is 6.58. The predicted octanol–water partition coefficient (Wildman–Crippen LogP) is 2.33. The fourth-order valence-electron chi connectivity index (χ4n) is 2.17. The van der Waals surface area contributed by atoms with Crippen LogP contribution in [-0.4, -0.2) is 10.9 Å².